The average molecular weight is 338 g/mol. The van der Waals surface area contributed by atoms with E-state index in [4.69, 9.17) is 0 Å². The fourth-order valence-electron chi connectivity index (χ4n) is 2.55. The second kappa shape index (κ2) is 7.27. The van der Waals surface area contributed by atoms with E-state index in [1.54, 1.807) is 23.5 Å². The van der Waals surface area contributed by atoms with Gasteiger partial charge in [0.25, 0.3) is 11.5 Å². The van der Waals surface area contributed by atoms with Gasteiger partial charge in [-0.2, -0.15) is 11.3 Å². The van der Waals surface area contributed by atoms with E-state index in [1.165, 1.54) is 5.56 Å². The molecule has 3 rings (SSSR count). The predicted octanol–water partition coefficient (Wildman–Crippen LogP) is 3.46. The number of H-pyrrole nitrogens is 1. The van der Waals surface area contributed by atoms with Gasteiger partial charge in [-0.3, -0.25) is 9.59 Å². The number of pyridine rings is 1. The maximum Gasteiger partial charge on any atom is 0.261 e. The number of benzene rings is 1. The van der Waals surface area contributed by atoms with E-state index in [9.17, 15) is 9.59 Å². The van der Waals surface area contributed by atoms with Crippen LogP contribution in [-0.2, 0) is 6.42 Å². The molecule has 1 atom stereocenters. The topological polar surface area (TPSA) is 62.0 Å². The minimum atomic E-state index is -0.378. The smallest absolute Gasteiger partial charge is 0.261 e. The monoisotopic (exact) mass is 338 g/mol. The highest BCUT2D eigenvalue weighted by atomic mass is 32.1. The number of amides is 1. The van der Waals surface area contributed by atoms with Crippen LogP contribution in [0.3, 0.4) is 0 Å². The molecule has 0 aliphatic heterocycles. The van der Waals surface area contributed by atoms with Crippen molar-refractivity contribution in [2.24, 2.45) is 0 Å². The standard InChI is InChI=1S/C19H18N2O2S/c1-13(11-14-9-10-24-12-14)20-18(22)16-7-8-17(21-19(16)23)15-5-3-2-4-6-15/h2-10,12-13H,11H2,1H3,(H,20,22)(H,21,23)/t13-/m1/s1. The van der Waals surface area contributed by atoms with E-state index in [0.717, 1.165) is 12.0 Å². The number of aromatic nitrogens is 1. The molecule has 1 aromatic carbocycles. The van der Waals surface area contributed by atoms with Crippen molar-refractivity contribution in [1.29, 1.82) is 0 Å². The third kappa shape index (κ3) is 3.81. The van der Waals surface area contributed by atoms with Crippen molar-refractivity contribution in [1.82, 2.24) is 10.3 Å². The fraction of sp³-hybridized carbons (Fsp3) is 0.158. The molecule has 0 aliphatic carbocycles. The van der Waals surface area contributed by atoms with Gasteiger partial charge in [-0.05, 0) is 53.4 Å². The minimum absolute atomic E-state index is 0.0414. The number of hydrogen-bond donors (Lipinski definition) is 2. The lowest BCUT2D eigenvalue weighted by Crippen LogP contribution is -2.37. The van der Waals surface area contributed by atoms with Gasteiger partial charge in [0, 0.05) is 11.7 Å². The van der Waals surface area contributed by atoms with Crippen LogP contribution in [0, 0.1) is 0 Å². The second-order valence-corrected chi connectivity index (χ2v) is 6.47. The first-order chi connectivity index (χ1) is 11.6. The van der Waals surface area contributed by atoms with Crippen molar-refractivity contribution in [3.05, 3.63) is 80.8 Å². The first kappa shape index (κ1) is 16.2. The van der Waals surface area contributed by atoms with E-state index in [-0.39, 0.29) is 23.1 Å². The molecule has 24 heavy (non-hydrogen) atoms. The second-order valence-electron chi connectivity index (χ2n) is 5.69. The zero-order valence-corrected chi connectivity index (χ0v) is 14.1. The number of carbonyl (C=O) groups excluding carboxylic acids is 1. The molecule has 0 fully saturated rings. The fourth-order valence-corrected chi connectivity index (χ4v) is 3.24. The summed E-state index contributed by atoms with van der Waals surface area (Å²) in [6.45, 7) is 1.93. The van der Waals surface area contributed by atoms with Gasteiger partial charge in [-0.15, -0.1) is 0 Å². The first-order valence-corrected chi connectivity index (χ1v) is 8.68. The van der Waals surface area contributed by atoms with Crippen LogP contribution in [0.4, 0.5) is 0 Å². The van der Waals surface area contributed by atoms with Crippen molar-refractivity contribution in [2.75, 3.05) is 0 Å². The summed E-state index contributed by atoms with van der Waals surface area (Å²) in [5, 5.41) is 6.95. The van der Waals surface area contributed by atoms with Crippen molar-refractivity contribution in [2.45, 2.75) is 19.4 Å². The molecular weight excluding hydrogens is 320 g/mol. The van der Waals surface area contributed by atoms with E-state index in [1.807, 2.05) is 48.7 Å². The van der Waals surface area contributed by atoms with Crippen LogP contribution >= 0.6 is 11.3 Å². The molecule has 4 nitrogen and oxygen atoms in total. The largest absolute Gasteiger partial charge is 0.349 e. The van der Waals surface area contributed by atoms with E-state index < -0.39 is 0 Å². The van der Waals surface area contributed by atoms with Crippen LogP contribution in [-0.4, -0.2) is 16.9 Å². The molecule has 0 radical (unpaired) electrons. The highest BCUT2D eigenvalue weighted by Gasteiger charge is 2.14. The summed E-state index contributed by atoms with van der Waals surface area (Å²) in [5.74, 6) is -0.349. The molecule has 0 unspecified atom stereocenters. The normalized spacial score (nSPS) is 11.9. The summed E-state index contributed by atoms with van der Waals surface area (Å²) < 4.78 is 0. The molecule has 0 saturated heterocycles. The highest BCUT2D eigenvalue weighted by molar-refractivity contribution is 7.07. The summed E-state index contributed by atoms with van der Waals surface area (Å²) >= 11 is 1.63. The Balaban J connectivity index is 1.72. The molecule has 3 aromatic rings. The van der Waals surface area contributed by atoms with Crippen molar-refractivity contribution in [3.63, 3.8) is 0 Å². The molecule has 0 spiro atoms. The number of rotatable bonds is 5. The Hall–Kier alpha value is -2.66. The van der Waals surface area contributed by atoms with Gasteiger partial charge in [0.15, 0.2) is 0 Å². The first-order valence-electron chi connectivity index (χ1n) is 7.74. The van der Waals surface area contributed by atoms with Crippen LogP contribution in [0.5, 0.6) is 0 Å². The number of thiophene rings is 1. The molecule has 0 saturated carbocycles. The molecular formula is C19H18N2O2S. The molecule has 2 N–H and O–H groups in total. The number of nitrogens with one attached hydrogen (secondary N) is 2. The minimum Gasteiger partial charge on any atom is -0.349 e. The van der Waals surface area contributed by atoms with Crippen LogP contribution in [0.25, 0.3) is 11.3 Å². The van der Waals surface area contributed by atoms with Crippen molar-refractivity contribution in [3.8, 4) is 11.3 Å². The summed E-state index contributed by atoms with van der Waals surface area (Å²) in [7, 11) is 0. The van der Waals surface area contributed by atoms with Gasteiger partial charge >= 0.3 is 0 Å². The van der Waals surface area contributed by atoms with E-state index >= 15 is 0 Å². The lowest BCUT2D eigenvalue weighted by atomic mass is 10.1. The van der Waals surface area contributed by atoms with Crippen LogP contribution in [0.2, 0.25) is 0 Å². The van der Waals surface area contributed by atoms with Gasteiger partial charge in [0.1, 0.15) is 5.56 Å². The molecule has 0 bridgehead atoms. The number of carbonyl (C=O) groups is 1. The van der Waals surface area contributed by atoms with Crippen LogP contribution in [0.15, 0.2) is 64.1 Å². The van der Waals surface area contributed by atoms with Gasteiger partial charge in [0.2, 0.25) is 0 Å². The maximum atomic E-state index is 12.3. The van der Waals surface area contributed by atoms with Crippen LogP contribution in [0.1, 0.15) is 22.8 Å². The molecule has 2 aromatic heterocycles. The van der Waals surface area contributed by atoms with Gasteiger partial charge in [0.05, 0.1) is 0 Å². The van der Waals surface area contributed by atoms with Gasteiger partial charge < -0.3 is 10.3 Å². The molecule has 5 heteroatoms. The van der Waals surface area contributed by atoms with E-state index in [2.05, 4.69) is 15.7 Å². The van der Waals surface area contributed by atoms with Gasteiger partial charge in [-0.1, -0.05) is 30.3 Å². The van der Waals surface area contributed by atoms with Crippen molar-refractivity contribution >= 4 is 17.2 Å². The quantitative estimate of drug-likeness (QED) is 0.748. The van der Waals surface area contributed by atoms with Crippen molar-refractivity contribution < 1.29 is 4.79 Å². The lowest BCUT2D eigenvalue weighted by Gasteiger charge is -2.13. The molecule has 0 aliphatic rings. The SMILES string of the molecule is C[C@H](Cc1ccsc1)NC(=O)c1ccc(-c2ccccc2)[nH]c1=O. The maximum absolute atomic E-state index is 12.3. The zero-order chi connectivity index (χ0) is 16.9. The average Bonchev–Trinajstić information content (AvgIpc) is 3.08. The Morgan fingerprint density at radius 1 is 1.17 bits per heavy atom. The molecule has 122 valence electrons. The predicted molar refractivity (Wildman–Crippen MR) is 97.4 cm³/mol. The Bertz CT molecular complexity index is 870. The highest BCUT2D eigenvalue weighted by Crippen LogP contribution is 2.14. The molecule has 1 amide bonds. The third-order valence-electron chi connectivity index (χ3n) is 3.74. The number of hydrogen-bond acceptors (Lipinski definition) is 3. The van der Waals surface area contributed by atoms with Gasteiger partial charge in [-0.25, -0.2) is 0 Å². The Morgan fingerprint density at radius 2 is 1.96 bits per heavy atom. The lowest BCUT2D eigenvalue weighted by molar-refractivity contribution is 0.0938. The van der Waals surface area contributed by atoms with E-state index in [0.29, 0.717) is 5.69 Å². The van der Waals surface area contributed by atoms with Crippen LogP contribution < -0.4 is 10.9 Å². The zero-order valence-electron chi connectivity index (χ0n) is 13.3. The summed E-state index contributed by atoms with van der Waals surface area (Å²) in [4.78, 5) is 27.3. The Kier molecular flexibility index (Phi) is 4.91. The summed E-state index contributed by atoms with van der Waals surface area (Å²) in [5.41, 5.74) is 2.54. The summed E-state index contributed by atoms with van der Waals surface area (Å²) in [6.07, 6.45) is 0.745. The Morgan fingerprint density at radius 3 is 2.62 bits per heavy atom. The molecule has 2 heterocycles. The third-order valence-corrected chi connectivity index (χ3v) is 4.47. The number of aromatic amines is 1. The summed E-state index contributed by atoms with van der Waals surface area (Å²) in [6, 6.07) is 14.9. The Labute approximate surface area is 144 Å².